The van der Waals surface area contributed by atoms with Crippen LogP contribution < -0.4 is 0 Å². The number of hydrogen-bond acceptors (Lipinski definition) is 2. The van der Waals surface area contributed by atoms with E-state index in [2.05, 4.69) is 11.6 Å². The van der Waals surface area contributed by atoms with Crippen molar-refractivity contribution in [2.24, 2.45) is 0 Å². The van der Waals surface area contributed by atoms with Gasteiger partial charge in [0, 0.05) is 23.5 Å². The normalized spacial score (nSPS) is 9.50. The number of halogens is 2. The van der Waals surface area contributed by atoms with Gasteiger partial charge in [-0.1, -0.05) is 18.2 Å². The predicted molar refractivity (Wildman–Crippen MR) is 49.1 cm³/mol. The molecule has 0 radical (unpaired) electrons. The Morgan fingerprint density at radius 3 is 2.75 bits per heavy atom. The highest BCUT2D eigenvalue weighted by Gasteiger charge is 2.09. The lowest BCUT2D eigenvalue weighted by Crippen LogP contribution is -1.92. The van der Waals surface area contributed by atoms with Crippen LogP contribution in [0.25, 0.3) is 5.57 Å². The van der Waals surface area contributed by atoms with Gasteiger partial charge in [0.05, 0.1) is 5.02 Å². The highest BCUT2D eigenvalue weighted by Crippen LogP contribution is 2.22. The molecule has 0 saturated carbocycles. The third-order valence-corrected chi connectivity index (χ3v) is 1.86. The lowest BCUT2D eigenvalue weighted by Gasteiger charge is -2.00. The van der Waals surface area contributed by atoms with E-state index in [1.165, 1.54) is 12.4 Å². The second kappa shape index (κ2) is 3.70. The molecule has 0 saturated heterocycles. The number of rotatable bonds is 2. The average molecular weight is 202 g/mol. The fourth-order valence-corrected chi connectivity index (χ4v) is 1.06. The van der Waals surface area contributed by atoms with Crippen molar-refractivity contribution in [3.63, 3.8) is 0 Å². The van der Waals surface area contributed by atoms with Crippen LogP contribution >= 0.6 is 23.2 Å². The Morgan fingerprint density at radius 2 is 2.25 bits per heavy atom. The zero-order valence-electron chi connectivity index (χ0n) is 6.05. The van der Waals surface area contributed by atoms with Gasteiger partial charge in [0.2, 0.25) is 0 Å². The zero-order chi connectivity index (χ0) is 9.14. The van der Waals surface area contributed by atoms with E-state index >= 15 is 0 Å². The number of pyridine rings is 1. The summed E-state index contributed by atoms with van der Waals surface area (Å²) in [6, 6.07) is 1.59. The first-order valence-corrected chi connectivity index (χ1v) is 3.87. The molecule has 0 aliphatic rings. The summed E-state index contributed by atoms with van der Waals surface area (Å²) >= 11 is 10.9. The van der Waals surface area contributed by atoms with Crippen LogP contribution in [-0.4, -0.2) is 10.2 Å². The van der Waals surface area contributed by atoms with Crippen molar-refractivity contribution in [3.8, 4) is 0 Å². The Kier molecular flexibility index (Phi) is 2.84. The molecular weight excluding hydrogens is 197 g/mol. The summed E-state index contributed by atoms with van der Waals surface area (Å²) < 4.78 is 0. The number of carbonyl (C=O) groups excluding carboxylic acids is 1. The van der Waals surface area contributed by atoms with Crippen LogP contribution in [0.2, 0.25) is 5.02 Å². The Morgan fingerprint density at radius 1 is 1.58 bits per heavy atom. The molecule has 0 N–H and O–H groups in total. The monoisotopic (exact) mass is 201 g/mol. The molecule has 0 spiro atoms. The van der Waals surface area contributed by atoms with Gasteiger partial charge in [-0.2, -0.15) is 0 Å². The highest BCUT2D eigenvalue weighted by atomic mass is 35.5. The molecule has 0 aliphatic heterocycles. The maximum absolute atomic E-state index is 10.7. The van der Waals surface area contributed by atoms with Crippen molar-refractivity contribution >= 4 is 34.0 Å². The van der Waals surface area contributed by atoms with Crippen molar-refractivity contribution in [1.29, 1.82) is 0 Å². The predicted octanol–water partition coefficient (Wildman–Crippen LogP) is 2.51. The minimum Gasteiger partial charge on any atom is -0.276 e. The Hall–Kier alpha value is -0.860. The van der Waals surface area contributed by atoms with Gasteiger partial charge in [0.15, 0.2) is 0 Å². The van der Waals surface area contributed by atoms with Crippen molar-refractivity contribution in [2.75, 3.05) is 0 Å². The number of hydrogen-bond donors (Lipinski definition) is 0. The zero-order valence-corrected chi connectivity index (χ0v) is 7.56. The molecular formula is C8H5Cl2NO. The molecule has 0 aliphatic carbocycles. The van der Waals surface area contributed by atoms with Gasteiger partial charge in [-0.05, 0) is 17.7 Å². The van der Waals surface area contributed by atoms with E-state index in [9.17, 15) is 4.79 Å². The van der Waals surface area contributed by atoms with Crippen LogP contribution in [0.5, 0.6) is 0 Å². The number of nitrogens with zero attached hydrogens (tertiary/aromatic N) is 1. The van der Waals surface area contributed by atoms with E-state index in [-0.39, 0.29) is 5.57 Å². The molecule has 0 aromatic carbocycles. The van der Waals surface area contributed by atoms with Crippen molar-refractivity contribution in [3.05, 3.63) is 35.6 Å². The van der Waals surface area contributed by atoms with Crippen molar-refractivity contribution in [2.45, 2.75) is 0 Å². The van der Waals surface area contributed by atoms with Gasteiger partial charge in [0.25, 0.3) is 5.24 Å². The Labute approximate surface area is 79.8 Å². The maximum atomic E-state index is 10.7. The first kappa shape index (κ1) is 9.23. The third kappa shape index (κ3) is 1.84. The Balaban J connectivity index is 3.11. The number of aromatic nitrogens is 1. The molecule has 0 bridgehead atoms. The van der Waals surface area contributed by atoms with Gasteiger partial charge >= 0.3 is 0 Å². The van der Waals surface area contributed by atoms with Crippen LogP contribution in [-0.2, 0) is 4.79 Å². The van der Waals surface area contributed by atoms with E-state index in [1.54, 1.807) is 6.07 Å². The third-order valence-electron chi connectivity index (χ3n) is 1.33. The molecule has 1 aromatic heterocycles. The van der Waals surface area contributed by atoms with Gasteiger partial charge < -0.3 is 0 Å². The average Bonchev–Trinajstić information content (AvgIpc) is 2.04. The molecule has 1 heterocycles. The van der Waals surface area contributed by atoms with Crippen LogP contribution in [0.3, 0.4) is 0 Å². The largest absolute Gasteiger partial charge is 0.276 e. The summed E-state index contributed by atoms with van der Waals surface area (Å²) in [6.45, 7) is 3.49. The minimum atomic E-state index is -0.608. The Bertz CT molecular complexity index is 336. The van der Waals surface area contributed by atoms with Crippen LogP contribution in [0.4, 0.5) is 0 Å². The van der Waals surface area contributed by atoms with Gasteiger partial charge in [-0.25, -0.2) is 0 Å². The number of carbonyl (C=O) groups is 1. The molecule has 12 heavy (non-hydrogen) atoms. The number of allylic oxidation sites excluding steroid dienone is 1. The van der Waals surface area contributed by atoms with Crippen LogP contribution in [0, 0.1) is 0 Å². The molecule has 62 valence electrons. The first-order valence-electron chi connectivity index (χ1n) is 3.11. The summed E-state index contributed by atoms with van der Waals surface area (Å²) in [7, 11) is 0. The molecule has 1 rings (SSSR count). The molecule has 0 fully saturated rings. The molecule has 4 heteroatoms. The minimum absolute atomic E-state index is 0.184. The molecule has 2 nitrogen and oxygen atoms in total. The summed E-state index contributed by atoms with van der Waals surface area (Å²) in [5.41, 5.74) is 0.704. The molecule has 1 aromatic rings. The SMILES string of the molecule is C=C(C(=O)Cl)c1ccncc1Cl. The fraction of sp³-hybridized carbons (Fsp3) is 0. The first-order chi connectivity index (χ1) is 5.63. The fourth-order valence-electron chi connectivity index (χ4n) is 0.726. The summed E-state index contributed by atoms with van der Waals surface area (Å²) in [6.07, 6.45) is 2.95. The summed E-state index contributed by atoms with van der Waals surface area (Å²) in [5.74, 6) is 0. The molecule has 0 unspecified atom stereocenters. The summed E-state index contributed by atoms with van der Waals surface area (Å²) in [5, 5.41) is -0.236. The van der Waals surface area contributed by atoms with E-state index in [0.29, 0.717) is 10.6 Å². The second-order valence-corrected chi connectivity index (χ2v) is 2.86. The highest BCUT2D eigenvalue weighted by molar-refractivity contribution is 6.74. The standard InChI is InChI=1S/C8H5Cl2NO/c1-5(8(10)12)6-2-3-11-4-7(6)9/h2-4H,1H2. The smallest absolute Gasteiger partial charge is 0.252 e. The van der Waals surface area contributed by atoms with E-state index in [4.69, 9.17) is 23.2 Å². The van der Waals surface area contributed by atoms with Crippen molar-refractivity contribution in [1.82, 2.24) is 4.98 Å². The van der Waals surface area contributed by atoms with Gasteiger partial charge in [-0.3, -0.25) is 9.78 Å². The lowest BCUT2D eigenvalue weighted by molar-refractivity contribution is -0.106. The van der Waals surface area contributed by atoms with Gasteiger partial charge in [-0.15, -0.1) is 0 Å². The van der Waals surface area contributed by atoms with E-state index in [0.717, 1.165) is 0 Å². The van der Waals surface area contributed by atoms with Crippen LogP contribution in [0.15, 0.2) is 25.0 Å². The second-order valence-electron chi connectivity index (χ2n) is 2.11. The van der Waals surface area contributed by atoms with E-state index < -0.39 is 5.24 Å². The quantitative estimate of drug-likeness (QED) is 0.544. The topological polar surface area (TPSA) is 30.0 Å². The van der Waals surface area contributed by atoms with Gasteiger partial charge in [0.1, 0.15) is 0 Å². The van der Waals surface area contributed by atoms with E-state index in [1.807, 2.05) is 0 Å². The maximum Gasteiger partial charge on any atom is 0.252 e. The van der Waals surface area contributed by atoms with Crippen LogP contribution in [0.1, 0.15) is 5.56 Å². The van der Waals surface area contributed by atoms with Crippen molar-refractivity contribution < 1.29 is 4.79 Å². The lowest BCUT2D eigenvalue weighted by atomic mass is 10.1. The molecule has 0 amide bonds. The summed E-state index contributed by atoms with van der Waals surface area (Å²) in [4.78, 5) is 14.4. The molecule has 0 atom stereocenters.